The number of hydrogen-bond acceptors (Lipinski definition) is 3. The summed E-state index contributed by atoms with van der Waals surface area (Å²) in [6.45, 7) is 7.78. The molecule has 0 aromatic carbocycles. The third kappa shape index (κ3) is 3.03. The second kappa shape index (κ2) is 5.10. The first-order valence-electron chi connectivity index (χ1n) is 5.75. The molecule has 15 heavy (non-hydrogen) atoms. The number of thiophene rings is 1. The molecule has 0 aliphatic carbocycles. The van der Waals surface area contributed by atoms with Gasteiger partial charge in [0.1, 0.15) is 0 Å². The Bertz CT molecular complexity index is 294. The fourth-order valence-corrected chi connectivity index (χ4v) is 3.01. The molecule has 84 valence electrons. The van der Waals surface area contributed by atoms with Gasteiger partial charge in [-0.25, -0.2) is 0 Å². The van der Waals surface area contributed by atoms with E-state index in [1.54, 1.807) is 0 Å². The first kappa shape index (κ1) is 11.1. The summed E-state index contributed by atoms with van der Waals surface area (Å²) in [5, 5.41) is 7.04. The molecule has 0 atom stereocenters. The van der Waals surface area contributed by atoms with Crippen molar-refractivity contribution in [2.45, 2.75) is 39.3 Å². The van der Waals surface area contributed by atoms with Crippen LogP contribution in [0.3, 0.4) is 0 Å². The van der Waals surface area contributed by atoms with E-state index in [2.05, 4.69) is 30.5 Å². The third-order valence-corrected chi connectivity index (χ3v) is 4.27. The van der Waals surface area contributed by atoms with Gasteiger partial charge in [-0.3, -0.25) is 0 Å². The molecular weight excluding hydrogens is 204 g/mol. The van der Waals surface area contributed by atoms with E-state index in [-0.39, 0.29) is 0 Å². The second-order valence-corrected chi connectivity index (χ2v) is 5.70. The highest BCUT2D eigenvalue weighted by Gasteiger charge is 2.12. The maximum absolute atomic E-state index is 3.65. The second-order valence-electron chi connectivity index (χ2n) is 4.36. The van der Waals surface area contributed by atoms with Crippen molar-refractivity contribution in [2.24, 2.45) is 0 Å². The average molecular weight is 224 g/mol. The molecule has 1 aromatic heterocycles. The zero-order valence-electron chi connectivity index (χ0n) is 9.60. The number of piperidine rings is 1. The fraction of sp³-hybridized carbons (Fsp3) is 0.667. The van der Waals surface area contributed by atoms with Crippen LogP contribution in [0.1, 0.15) is 28.2 Å². The summed E-state index contributed by atoms with van der Waals surface area (Å²) in [4.78, 5) is 2.93. The monoisotopic (exact) mass is 224 g/mol. The van der Waals surface area contributed by atoms with Crippen molar-refractivity contribution in [1.82, 2.24) is 10.6 Å². The molecule has 1 saturated heterocycles. The van der Waals surface area contributed by atoms with Crippen molar-refractivity contribution in [3.05, 3.63) is 21.4 Å². The number of rotatable bonds is 3. The first-order chi connectivity index (χ1) is 7.25. The number of hydrogen-bond donors (Lipinski definition) is 2. The Labute approximate surface area is 96.1 Å². The minimum absolute atomic E-state index is 0.717. The molecule has 1 aliphatic heterocycles. The molecule has 2 heterocycles. The Morgan fingerprint density at radius 3 is 2.73 bits per heavy atom. The van der Waals surface area contributed by atoms with Gasteiger partial charge in [0.2, 0.25) is 0 Å². The standard InChI is InChI=1S/C12H20N2S/c1-9-7-12(15-10(9)2)8-14-11-3-5-13-6-4-11/h7,11,13-14H,3-6,8H2,1-2H3. The molecule has 0 saturated carbocycles. The van der Waals surface area contributed by atoms with Crippen molar-refractivity contribution >= 4 is 11.3 Å². The molecule has 1 fully saturated rings. The SMILES string of the molecule is Cc1cc(CNC2CCNCC2)sc1C. The summed E-state index contributed by atoms with van der Waals surface area (Å²) in [6, 6.07) is 3.03. The van der Waals surface area contributed by atoms with Crippen molar-refractivity contribution < 1.29 is 0 Å². The van der Waals surface area contributed by atoms with Crippen molar-refractivity contribution in [3.8, 4) is 0 Å². The van der Waals surface area contributed by atoms with Crippen LogP contribution < -0.4 is 10.6 Å². The highest BCUT2D eigenvalue weighted by Crippen LogP contribution is 2.20. The molecular formula is C12H20N2S. The zero-order chi connectivity index (χ0) is 10.7. The quantitative estimate of drug-likeness (QED) is 0.822. The van der Waals surface area contributed by atoms with E-state index >= 15 is 0 Å². The van der Waals surface area contributed by atoms with E-state index in [4.69, 9.17) is 0 Å². The van der Waals surface area contributed by atoms with Crippen LogP contribution in [-0.2, 0) is 6.54 Å². The molecule has 0 spiro atoms. The van der Waals surface area contributed by atoms with Crippen LogP contribution in [0.5, 0.6) is 0 Å². The Morgan fingerprint density at radius 2 is 2.13 bits per heavy atom. The van der Waals surface area contributed by atoms with Gasteiger partial charge in [0.25, 0.3) is 0 Å². The summed E-state index contributed by atoms with van der Waals surface area (Å²) in [5.41, 5.74) is 1.43. The van der Waals surface area contributed by atoms with Crippen molar-refractivity contribution in [1.29, 1.82) is 0 Å². The molecule has 2 nitrogen and oxygen atoms in total. The molecule has 1 aliphatic rings. The molecule has 2 rings (SSSR count). The maximum Gasteiger partial charge on any atom is 0.0302 e. The predicted octanol–water partition coefficient (Wildman–Crippen LogP) is 2.21. The third-order valence-electron chi connectivity index (χ3n) is 3.12. The maximum atomic E-state index is 3.65. The summed E-state index contributed by atoms with van der Waals surface area (Å²) < 4.78 is 0. The first-order valence-corrected chi connectivity index (χ1v) is 6.57. The topological polar surface area (TPSA) is 24.1 Å². The lowest BCUT2D eigenvalue weighted by molar-refractivity contribution is 0.387. The van der Waals surface area contributed by atoms with Crippen LogP contribution in [0.15, 0.2) is 6.07 Å². The van der Waals surface area contributed by atoms with Gasteiger partial charge in [0.05, 0.1) is 0 Å². The molecule has 2 N–H and O–H groups in total. The van der Waals surface area contributed by atoms with Crippen LogP contribution in [0, 0.1) is 13.8 Å². The molecule has 3 heteroatoms. The van der Waals surface area contributed by atoms with E-state index in [0.29, 0.717) is 6.04 Å². The van der Waals surface area contributed by atoms with Crippen LogP contribution in [0.4, 0.5) is 0 Å². The summed E-state index contributed by atoms with van der Waals surface area (Å²) in [7, 11) is 0. The average Bonchev–Trinajstić information content (AvgIpc) is 2.57. The smallest absolute Gasteiger partial charge is 0.0302 e. The highest BCUT2D eigenvalue weighted by atomic mass is 32.1. The molecule has 1 aromatic rings. The normalized spacial score (nSPS) is 18.3. The molecule has 0 unspecified atom stereocenters. The van der Waals surface area contributed by atoms with Crippen LogP contribution >= 0.6 is 11.3 Å². The highest BCUT2D eigenvalue weighted by molar-refractivity contribution is 7.12. The van der Waals surface area contributed by atoms with Crippen LogP contribution in [0.2, 0.25) is 0 Å². The van der Waals surface area contributed by atoms with E-state index in [1.807, 2.05) is 11.3 Å². The molecule has 0 amide bonds. The fourth-order valence-electron chi connectivity index (χ4n) is 2.01. The van der Waals surface area contributed by atoms with Gasteiger partial charge in [-0.1, -0.05) is 0 Å². The summed E-state index contributed by atoms with van der Waals surface area (Å²) in [5.74, 6) is 0. The molecule has 0 radical (unpaired) electrons. The number of nitrogens with one attached hydrogen (secondary N) is 2. The van der Waals surface area contributed by atoms with Crippen molar-refractivity contribution in [3.63, 3.8) is 0 Å². The largest absolute Gasteiger partial charge is 0.317 e. The Balaban J connectivity index is 1.81. The Kier molecular flexibility index (Phi) is 3.78. The van der Waals surface area contributed by atoms with E-state index in [9.17, 15) is 0 Å². The van der Waals surface area contributed by atoms with E-state index in [1.165, 1.54) is 41.2 Å². The minimum Gasteiger partial charge on any atom is -0.317 e. The Hall–Kier alpha value is -0.380. The summed E-state index contributed by atoms with van der Waals surface area (Å²) in [6.07, 6.45) is 2.53. The van der Waals surface area contributed by atoms with Crippen molar-refractivity contribution in [2.75, 3.05) is 13.1 Å². The summed E-state index contributed by atoms with van der Waals surface area (Å²) >= 11 is 1.92. The van der Waals surface area contributed by atoms with Gasteiger partial charge < -0.3 is 10.6 Å². The molecule has 0 bridgehead atoms. The lowest BCUT2D eigenvalue weighted by Gasteiger charge is -2.23. The predicted molar refractivity (Wildman–Crippen MR) is 66.5 cm³/mol. The lowest BCUT2D eigenvalue weighted by atomic mass is 10.1. The van der Waals surface area contributed by atoms with Gasteiger partial charge in [-0.15, -0.1) is 11.3 Å². The van der Waals surface area contributed by atoms with Gasteiger partial charge in [-0.05, 0) is 51.4 Å². The van der Waals surface area contributed by atoms with Gasteiger partial charge >= 0.3 is 0 Å². The van der Waals surface area contributed by atoms with Crippen LogP contribution in [-0.4, -0.2) is 19.1 Å². The van der Waals surface area contributed by atoms with E-state index in [0.717, 1.165) is 6.54 Å². The van der Waals surface area contributed by atoms with Gasteiger partial charge in [0.15, 0.2) is 0 Å². The number of aryl methyl sites for hydroxylation is 2. The Morgan fingerprint density at radius 1 is 1.40 bits per heavy atom. The lowest BCUT2D eigenvalue weighted by Crippen LogP contribution is -2.39. The zero-order valence-corrected chi connectivity index (χ0v) is 10.4. The van der Waals surface area contributed by atoms with Gasteiger partial charge in [0, 0.05) is 22.3 Å². The van der Waals surface area contributed by atoms with E-state index < -0.39 is 0 Å². The minimum atomic E-state index is 0.717. The van der Waals surface area contributed by atoms with Gasteiger partial charge in [-0.2, -0.15) is 0 Å². The van der Waals surface area contributed by atoms with Crippen LogP contribution in [0.25, 0.3) is 0 Å².